The predicted octanol–water partition coefficient (Wildman–Crippen LogP) is 5.17. The van der Waals surface area contributed by atoms with Crippen LogP contribution < -0.4 is 0 Å². The van der Waals surface area contributed by atoms with E-state index < -0.39 is 0 Å². The molecule has 1 aromatic heterocycles. The molecule has 1 fully saturated rings. The second kappa shape index (κ2) is 4.84. The van der Waals surface area contributed by atoms with Crippen LogP contribution in [0.15, 0.2) is 34.1 Å². The molecule has 2 aromatic rings. The number of halogens is 2. The second-order valence-corrected chi connectivity index (χ2v) is 8.53. The molecule has 4 atom stereocenters. The normalized spacial score (nSPS) is 28.6. The fourth-order valence-electron chi connectivity index (χ4n) is 3.75. The van der Waals surface area contributed by atoms with Gasteiger partial charge in [-0.15, -0.1) is 11.3 Å². The van der Waals surface area contributed by atoms with Crippen LogP contribution in [-0.4, -0.2) is 5.11 Å². The molecule has 0 bridgehead atoms. The van der Waals surface area contributed by atoms with Crippen molar-refractivity contribution in [2.75, 3.05) is 0 Å². The number of aliphatic hydroxyl groups excluding tert-OH is 1. The quantitative estimate of drug-likeness (QED) is 0.774. The third-order valence-electron chi connectivity index (χ3n) is 4.71. The van der Waals surface area contributed by atoms with E-state index in [-0.39, 0.29) is 6.10 Å². The van der Waals surface area contributed by atoms with E-state index in [1.807, 2.05) is 6.07 Å². The maximum Gasteiger partial charge on any atom is 0.0919 e. The highest BCUT2D eigenvalue weighted by molar-refractivity contribution is 9.11. The lowest BCUT2D eigenvalue weighted by atomic mass is 9.92. The van der Waals surface area contributed by atoms with Crippen molar-refractivity contribution >= 4 is 38.9 Å². The van der Waals surface area contributed by atoms with E-state index in [0.717, 1.165) is 15.1 Å². The van der Waals surface area contributed by atoms with Crippen molar-refractivity contribution in [3.63, 3.8) is 0 Å². The molecule has 1 saturated carbocycles. The molecule has 104 valence electrons. The maximum atomic E-state index is 10.7. The smallest absolute Gasteiger partial charge is 0.0919 e. The maximum absolute atomic E-state index is 10.7. The first-order valence-electron chi connectivity index (χ1n) is 6.87. The van der Waals surface area contributed by atoms with Crippen molar-refractivity contribution < 1.29 is 5.11 Å². The van der Waals surface area contributed by atoms with Gasteiger partial charge in [-0.1, -0.05) is 35.9 Å². The Bertz CT molecular complexity index is 649. The molecular weight excluding hydrogens is 356 g/mol. The van der Waals surface area contributed by atoms with Gasteiger partial charge in [0.1, 0.15) is 0 Å². The zero-order valence-electron chi connectivity index (χ0n) is 10.7. The first kappa shape index (κ1) is 13.3. The van der Waals surface area contributed by atoms with Gasteiger partial charge >= 0.3 is 0 Å². The molecule has 4 rings (SSSR count). The molecule has 4 heteroatoms. The Balaban J connectivity index is 1.63. The van der Waals surface area contributed by atoms with E-state index in [1.54, 1.807) is 11.3 Å². The van der Waals surface area contributed by atoms with Gasteiger partial charge in [-0.3, -0.25) is 0 Å². The van der Waals surface area contributed by atoms with Crippen molar-refractivity contribution in [2.24, 2.45) is 11.8 Å². The summed E-state index contributed by atoms with van der Waals surface area (Å²) in [6, 6.07) is 10.6. The summed E-state index contributed by atoms with van der Waals surface area (Å²) in [5.41, 5.74) is 2.92. The van der Waals surface area contributed by atoms with Gasteiger partial charge in [0.25, 0.3) is 0 Å². The van der Waals surface area contributed by atoms with Crippen LogP contribution in [0.5, 0.6) is 0 Å². The Labute approximate surface area is 135 Å². The van der Waals surface area contributed by atoms with Gasteiger partial charge in [-0.2, -0.15) is 0 Å². The lowest BCUT2D eigenvalue weighted by Gasteiger charge is -2.13. The van der Waals surface area contributed by atoms with Crippen molar-refractivity contribution in [1.82, 2.24) is 0 Å². The lowest BCUT2D eigenvalue weighted by molar-refractivity contribution is 0.148. The Morgan fingerprint density at radius 1 is 1.35 bits per heavy atom. The monoisotopic (exact) mass is 368 g/mol. The number of hydrogen-bond acceptors (Lipinski definition) is 2. The van der Waals surface area contributed by atoms with Gasteiger partial charge in [0.05, 0.1) is 14.9 Å². The number of aliphatic hydroxyl groups is 1. The molecule has 1 N–H and O–H groups in total. The Hall–Kier alpha value is -0.350. The lowest BCUT2D eigenvalue weighted by Crippen LogP contribution is -2.00. The highest BCUT2D eigenvalue weighted by Gasteiger charge is 2.56. The van der Waals surface area contributed by atoms with E-state index in [2.05, 4.69) is 40.2 Å². The van der Waals surface area contributed by atoms with Crippen LogP contribution in [0.4, 0.5) is 0 Å². The first-order valence-corrected chi connectivity index (χ1v) is 8.86. The fraction of sp³-hybridized carbons (Fsp3) is 0.375. The molecule has 1 heterocycles. The Morgan fingerprint density at radius 3 is 2.90 bits per heavy atom. The fourth-order valence-corrected chi connectivity index (χ4v) is 5.54. The highest BCUT2D eigenvalue weighted by Crippen LogP contribution is 2.64. The van der Waals surface area contributed by atoms with Crippen LogP contribution in [0, 0.1) is 11.8 Å². The summed E-state index contributed by atoms with van der Waals surface area (Å²) >= 11 is 11.1. The zero-order valence-corrected chi connectivity index (χ0v) is 13.9. The summed E-state index contributed by atoms with van der Waals surface area (Å²) in [6.07, 6.45) is 1.96. The van der Waals surface area contributed by atoms with Gasteiger partial charge in [0, 0.05) is 10.8 Å². The first-order chi connectivity index (χ1) is 9.66. The van der Waals surface area contributed by atoms with Gasteiger partial charge in [0.2, 0.25) is 0 Å². The molecule has 0 saturated heterocycles. The number of fused-ring (bicyclic) bond motifs is 3. The zero-order chi connectivity index (χ0) is 13.9. The summed E-state index contributed by atoms with van der Waals surface area (Å²) in [5.74, 6) is 1.54. The minimum atomic E-state index is -0.384. The van der Waals surface area contributed by atoms with Crippen LogP contribution in [0.2, 0.25) is 5.02 Å². The summed E-state index contributed by atoms with van der Waals surface area (Å²) in [6.45, 7) is 0. The van der Waals surface area contributed by atoms with E-state index >= 15 is 0 Å². The summed E-state index contributed by atoms with van der Waals surface area (Å²) in [7, 11) is 0. The molecule has 1 aromatic carbocycles. The molecule has 0 radical (unpaired) electrons. The summed E-state index contributed by atoms with van der Waals surface area (Å²) in [5, 5.41) is 11.4. The van der Waals surface area contributed by atoms with Crippen molar-refractivity contribution in [1.29, 1.82) is 0 Å². The number of aryl methyl sites for hydroxylation is 1. The van der Waals surface area contributed by atoms with Gasteiger partial charge < -0.3 is 5.11 Å². The standard InChI is InChI=1S/C16H14BrClOS/c17-16-11(18)7-12(20-16)15(19)14-10-6-5-8-3-1-2-4-9(8)13(10)14/h1-4,7,10,13-15,19H,5-6H2. The number of benzene rings is 1. The van der Waals surface area contributed by atoms with Gasteiger partial charge in [-0.25, -0.2) is 0 Å². The summed E-state index contributed by atoms with van der Waals surface area (Å²) < 4.78 is 0.914. The second-order valence-electron chi connectivity index (χ2n) is 5.72. The average molecular weight is 370 g/mol. The van der Waals surface area contributed by atoms with E-state index in [4.69, 9.17) is 11.6 Å². The molecule has 2 aliphatic rings. The number of rotatable bonds is 2. The average Bonchev–Trinajstić information content (AvgIpc) is 3.11. The van der Waals surface area contributed by atoms with E-state index in [0.29, 0.717) is 22.8 Å². The van der Waals surface area contributed by atoms with Crippen LogP contribution >= 0.6 is 38.9 Å². The van der Waals surface area contributed by atoms with Gasteiger partial charge in [0.15, 0.2) is 0 Å². The number of thiophene rings is 1. The van der Waals surface area contributed by atoms with Crippen LogP contribution in [-0.2, 0) is 6.42 Å². The third-order valence-corrected chi connectivity index (χ3v) is 7.26. The minimum Gasteiger partial charge on any atom is -0.387 e. The molecule has 4 unspecified atom stereocenters. The van der Waals surface area contributed by atoms with E-state index in [1.165, 1.54) is 17.5 Å². The topological polar surface area (TPSA) is 20.2 Å². The van der Waals surface area contributed by atoms with E-state index in [9.17, 15) is 5.11 Å². The molecule has 1 nitrogen and oxygen atoms in total. The molecule has 0 aliphatic heterocycles. The molecule has 0 amide bonds. The summed E-state index contributed by atoms with van der Waals surface area (Å²) in [4.78, 5) is 0.985. The predicted molar refractivity (Wildman–Crippen MR) is 86.5 cm³/mol. The Kier molecular flexibility index (Phi) is 3.22. The SMILES string of the molecule is OC(c1cc(Cl)c(Br)s1)C1C2CCc3ccccc3C21. The van der Waals surface area contributed by atoms with Gasteiger partial charge in [-0.05, 0) is 57.8 Å². The van der Waals surface area contributed by atoms with Crippen LogP contribution in [0.1, 0.15) is 34.4 Å². The number of hydrogen-bond donors (Lipinski definition) is 1. The van der Waals surface area contributed by atoms with Crippen LogP contribution in [0.3, 0.4) is 0 Å². The van der Waals surface area contributed by atoms with Crippen molar-refractivity contribution in [3.05, 3.63) is 55.1 Å². The molecule has 0 spiro atoms. The van der Waals surface area contributed by atoms with Crippen LogP contribution in [0.25, 0.3) is 0 Å². The molecule has 20 heavy (non-hydrogen) atoms. The van der Waals surface area contributed by atoms with Crippen molar-refractivity contribution in [3.8, 4) is 0 Å². The minimum absolute atomic E-state index is 0.361. The largest absolute Gasteiger partial charge is 0.387 e. The molecular formula is C16H14BrClOS. The highest BCUT2D eigenvalue weighted by atomic mass is 79.9. The Morgan fingerprint density at radius 2 is 2.15 bits per heavy atom. The molecule has 2 aliphatic carbocycles. The third kappa shape index (κ3) is 1.98. The van der Waals surface area contributed by atoms with Crippen molar-refractivity contribution in [2.45, 2.75) is 24.9 Å².